The van der Waals surface area contributed by atoms with Gasteiger partial charge >= 0.3 is 0 Å². The fourth-order valence-electron chi connectivity index (χ4n) is 3.46. The molecule has 0 fully saturated rings. The molecule has 1 heterocycles. The molecule has 0 N–H and O–H groups in total. The second-order valence-corrected chi connectivity index (χ2v) is 10.3. The number of aryl methyl sites for hydroxylation is 2. The summed E-state index contributed by atoms with van der Waals surface area (Å²) in [5.41, 5.74) is 3.39. The molecule has 5 nitrogen and oxygen atoms in total. The summed E-state index contributed by atoms with van der Waals surface area (Å²) in [5, 5.41) is 0.823. The number of benzene rings is 2. The standard InChI is InChI=1S/C25H33N3O2S2.ClH/c1-18-9-10-19(2)24-23(18)26-25(32-24)28(16-7-15-27(3)4)22(29)8-6-17-31-21-13-11-20(30-5)12-14-21;/h9-14H,6-8,15-17H2,1-5H3;1H. The van der Waals surface area contributed by atoms with E-state index in [1.54, 1.807) is 30.2 Å². The Morgan fingerprint density at radius 1 is 1.03 bits per heavy atom. The highest BCUT2D eigenvalue weighted by Gasteiger charge is 2.20. The highest BCUT2D eigenvalue weighted by Crippen LogP contribution is 2.33. The molecule has 180 valence electrons. The third-order valence-corrected chi connectivity index (χ3v) is 7.63. The maximum atomic E-state index is 13.2. The predicted molar refractivity (Wildman–Crippen MR) is 145 cm³/mol. The van der Waals surface area contributed by atoms with Gasteiger partial charge in [-0.15, -0.1) is 24.2 Å². The van der Waals surface area contributed by atoms with Crippen LogP contribution in [0.3, 0.4) is 0 Å². The first-order valence-corrected chi connectivity index (χ1v) is 12.8. The Kier molecular flexibility index (Phi) is 11.0. The van der Waals surface area contributed by atoms with Gasteiger partial charge in [0.1, 0.15) is 5.75 Å². The molecule has 0 radical (unpaired) electrons. The van der Waals surface area contributed by atoms with Crippen LogP contribution >= 0.6 is 35.5 Å². The summed E-state index contributed by atoms with van der Waals surface area (Å²) in [6.45, 7) is 5.83. The molecule has 0 saturated heterocycles. The van der Waals surface area contributed by atoms with Crippen LogP contribution in [0.25, 0.3) is 10.2 Å². The smallest absolute Gasteiger partial charge is 0.228 e. The van der Waals surface area contributed by atoms with Gasteiger partial charge in [0.2, 0.25) is 5.91 Å². The van der Waals surface area contributed by atoms with Gasteiger partial charge in [0.05, 0.1) is 17.3 Å². The number of thiazole rings is 1. The minimum Gasteiger partial charge on any atom is -0.497 e. The van der Waals surface area contributed by atoms with E-state index in [0.717, 1.165) is 47.1 Å². The molecule has 1 aromatic heterocycles. The molecule has 2 aromatic carbocycles. The average Bonchev–Trinajstić information content (AvgIpc) is 3.23. The third-order valence-electron chi connectivity index (χ3n) is 5.31. The Morgan fingerprint density at radius 3 is 2.36 bits per heavy atom. The molecule has 33 heavy (non-hydrogen) atoms. The van der Waals surface area contributed by atoms with E-state index in [9.17, 15) is 4.79 Å². The first kappa shape index (κ1) is 27.4. The highest BCUT2D eigenvalue weighted by atomic mass is 35.5. The Morgan fingerprint density at radius 2 is 1.73 bits per heavy atom. The number of fused-ring (bicyclic) bond motifs is 1. The van der Waals surface area contributed by atoms with Gasteiger partial charge in [-0.25, -0.2) is 4.98 Å². The van der Waals surface area contributed by atoms with Crippen LogP contribution in [0.1, 0.15) is 30.4 Å². The Hall–Kier alpha value is -1.80. The van der Waals surface area contributed by atoms with E-state index in [2.05, 4.69) is 57.1 Å². The lowest BCUT2D eigenvalue weighted by Gasteiger charge is -2.21. The van der Waals surface area contributed by atoms with Crippen molar-refractivity contribution in [1.82, 2.24) is 9.88 Å². The van der Waals surface area contributed by atoms with Gasteiger partial charge in [0, 0.05) is 17.9 Å². The summed E-state index contributed by atoms with van der Waals surface area (Å²) in [5.74, 6) is 1.93. The minimum atomic E-state index is 0. The van der Waals surface area contributed by atoms with Crippen LogP contribution in [-0.2, 0) is 4.79 Å². The molecule has 0 saturated carbocycles. The number of aromatic nitrogens is 1. The number of thioether (sulfide) groups is 1. The van der Waals surface area contributed by atoms with Crippen LogP contribution in [0.5, 0.6) is 5.75 Å². The summed E-state index contributed by atoms with van der Waals surface area (Å²) in [6.07, 6.45) is 2.29. The number of anilines is 1. The number of hydrogen-bond donors (Lipinski definition) is 0. The molecular formula is C25H34ClN3O2S2. The maximum Gasteiger partial charge on any atom is 0.228 e. The zero-order chi connectivity index (χ0) is 23.1. The topological polar surface area (TPSA) is 45.7 Å². The molecule has 0 aliphatic carbocycles. The lowest BCUT2D eigenvalue weighted by molar-refractivity contribution is -0.118. The fourth-order valence-corrected chi connectivity index (χ4v) is 5.46. The van der Waals surface area contributed by atoms with Gasteiger partial charge in [-0.3, -0.25) is 9.69 Å². The molecule has 0 spiro atoms. The summed E-state index contributed by atoms with van der Waals surface area (Å²) >= 11 is 3.41. The van der Waals surface area contributed by atoms with E-state index in [0.29, 0.717) is 13.0 Å². The van der Waals surface area contributed by atoms with Gasteiger partial charge < -0.3 is 9.64 Å². The van der Waals surface area contributed by atoms with Gasteiger partial charge in [-0.1, -0.05) is 23.5 Å². The predicted octanol–water partition coefficient (Wildman–Crippen LogP) is 6.20. The number of carbonyl (C=O) groups excluding carboxylic acids is 1. The SMILES string of the molecule is COc1ccc(SCCCC(=O)N(CCCN(C)C)c2nc3c(C)ccc(C)c3s2)cc1.Cl. The lowest BCUT2D eigenvalue weighted by atomic mass is 10.1. The minimum absolute atomic E-state index is 0. The van der Waals surface area contributed by atoms with Gasteiger partial charge in [0.15, 0.2) is 5.13 Å². The number of rotatable bonds is 11. The van der Waals surface area contributed by atoms with Crippen molar-refractivity contribution < 1.29 is 9.53 Å². The Bertz CT molecular complexity index is 999. The van der Waals surface area contributed by atoms with Crippen molar-refractivity contribution in [3.8, 4) is 5.75 Å². The van der Waals surface area contributed by atoms with Gasteiger partial charge in [-0.05, 0) is 88.5 Å². The molecule has 0 aliphatic heterocycles. The van der Waals surface area contributed by atoms with E-state index >= 15 is 0 Å². The number of hydrogen-bond acceptors (Lipinski definition) is 6. The molecule has 0 atom stereocenters. The van der Waals surface area contributed by atoms with E-state index in [1.807, 2.05) is 17.0 Å². The van der Waals surface area contributed by atoms with Gasteiger partial charge in [0.25, 0.3) is 0 Å². The number of halogens is 1. The second kappa shape index (κ2) is 13.2. The van der Waals surface area contributed by atoms with Crippen LogP contribution in [0, 0.1) is 13.8 Å². The first-order chi connectivity index (χ1) is 15.4. The summed E-state index contributed by atoms with van der Waals surface area (Å²) in [6, 6.07) is 12.3. The summed E-state index contributed by atoms with van der Waals surface area (Å²) in [7, 11) is 5.80. The lowest BCUT2D eigenvalue weighted by Crippen LogP contribution is -2.33. The van der Waals surface area contributed by atoms with Crippen LogP contribution in [0.15, 0.2) is 41.3 Å². The molecule has 0 bridgehead atoms. The molecule has 1 amide bonds. The Balaban J connectivity index is 0.00000385. The highest BCUT2D eigenvalue weighted by molar-refractivity contribution is 7.99. The molecule has 3 rings (SSSR count). The van der Waals surface area contributed by atoms with Crippen LogP contribution in [-0.4, -0.2) is 55.8 Å². The second-order valence-electron chi connectivity index (χ2n) is 8.20. The maximum absolute atomic E-state index is 13.2. The molecule has 8 heteroatoms. The number of amides is 1. The number of nitrogens with zero attached hydrogens (tertiary/aromatic N) is 3. The van der Waals surface area contributed by atoms with Crippen LogP contribution in [0.4, 0.5) is 5.13 Å². The van der Waals surface area contributed by atoms with Gasteiger partial charge in [-0.2, -0.15) is 0 Å². The van der Waals surface area contributed by atoms with Crippen molar-refractivity contribution in [2.45, 2.75) is 38.0 Å². The van der Waals surface area contributed by atoms with E-state index in [4.69, 9.17) is 9.72 Å². The number of methoxy groups -OCH3 is 1. The monoisotopic (exact) mass is 507 g/mol. The molecule has 3 aromatic rings. The van der Waals surface area contributed by atoms with Crippen molar-refractivity contribution in [2.75, 3.05) is 44.9 Å². The first-order valence-electron chi connectivity index (χ1n) is 11.0. The average molecular weight is 508 g/mol. The van der Waals surface area contributed by atoms with Crippen molar-refractivity contribution in [3.05, 3.63) is 47.5 Å². The quantitative estimate of drug-likeness (QED) is 0.228. The van der Waals surface area contributed by atoms with Crippen molar-refractivity contribution in [1.29, 1.82) is 0 Å². The summed E-state index contributed by atoms with van der Waals surface area (Å²) in [4.78, 5) is 23.3. The Labute approximate surface area is 211 Å². The fraction of sp³-hybridized carbons (Fsp3) is 0.440. The zero-order valence-corrected chi connectivity index (χ0v) is 22.5. The van der Waals surface area contributed by atoms with Crippen molar-refractivity contribution in [2.24, 2.45) is 0 Å². The number of ether oxygens (including phenoxy) is 1. The van der Waals surface area contributed by atoms with E-state index in [1.165, 1.54) is 15.2 Å². The normalized spacial score (nSPS) is 11.0. The molecular weight excluding hydrogens is 474 g/mol. The van der Waals surface area contributed by atoms with E-state index < -0.39 is 0 Å². The van der Waals surface area contributed by atoms with Crippen LogP contribution < -0.4 is 9.64 Å². The van der Waals surface area contributed by atoms with Crippen LogP contribution in [0.2, 0.25) is 0 Å². The van der Waals surface area contributed by atoms with E-state index in [-0.39, 0.29) is 18.3 Å². The van der Waals surface area contributed by atoms with Crippen molar-refractivity contribution >= 4 is 56.8 Å². The van der Waals surface area contributed by atoms with Crippen molar-refractivity contribution in [3.63, 3.8) is 0 Å². The number of carbonyl (C=O) groups is 1. The molecule has 0 aliphatic rings. The summed E-state index contributed by atoms with van der Waals surface area (Å²) < 4.78 is 6.39. The molecule has 0 unspecified atom stereocenters. The third kappa shape index (κ3) is 7.60. The largest absolute Gasteiger partial charge is 0.497 e. The zero-order valence-electron chi connectivity index (χ0n) is 20.1.